The van der Waals surface area contributed by atoms with Gasteiger partial charge in [-0.05, 0) is 61.4 Å². The Balaban J connectivity index is 2.12. The highest BCUT2D eigenvalue weighted by Crippen LogP contribution is 2.20. The zero-order valence-corrected chi connectivity index (χ0v) is 17.7. The summed E-state index contributed by atoms with van der Waals surface area (Å²) in [4.78, 5) is 24.0. The lowest BCUT2D eigenvalue weighted by atomic mass is 10.1. The molecule has 2 rings (SSSR count). The molecule has 0 unspecified atom stereocenters. The normalized spacial score (nSPS) is 11.3. The molecular formula is C21H26N2O5S. The number of carbonyl (C=O) groups is 2. The largest absolute Gasteiger partial charge is 0.465 e. The van der Waals surface area contributed by atoms with E-state index in [9.17, 15) is 18.0 Å². The number of nitrogens with zero attached hydrogens (tertiary/aromatic N) is 1. The number of ether oxygens (including phenoxy) is 1. The summed E-state index contributed by atoms with van der Waals surface area (Å²) < 4.78 is 31.7. The van der Waals surface area contributed by atoms with E-state index in [-0.39, 0.29) is 10.8 Å². The zero-order chi connectivity index (χ0) is 21.4. The lowest BCUT2D eigenvalue weighted by molar-refractivity contribution is 0.0600. The third-order valence-corrected chi connectivity index (χ3v) is 6.18. The van der Waals surface area contributed by atoms with E-state index in [2.05, 4.69) is 10.1 Å². The molecule has 156 valence electrons. The van der Waals surface area contributed by atoms with E-state index in [0.29, 0.717) is 29.9 Å². The fourth-order valence-electron chi connectivity index (χ4n) is 2.79. The Kier molecular flexibility index (Phi) is 7.92. The van der Waals surface area contributed by atoms with Crippen molar-refractivity contribution in [1.82, 2.24) is 4.31 Å². The Bertz CT molecular complexity index is 932. The Morgan fingerprint density at radius 3 is 1.90 bits per heavy atom. The van der Waals surface area contributed by atoms with E-state index in [1.165, 1.54) is 47.8 Å². The first kappa shape index (κ1) is 22.6. The van der Waals surface area contributed by atoms with Gasteiger partial charge < -0.3 is 10.1 Å². The van der Waals surface area contributed by atoms with Crippen molar-refractivity contribution in [2.45, 2.75) is 31.6 Å². The molecule has 0 saturated heterocycles. The minimum Gasteiger partial charge on any atom is -0.465 e. The number of anilines is 1. The number of amides is 1. The van der Waals surface area contributed by atoms with Crippen molar-refractivity contribution in [3.8, 4) is 0 Å². The summed E-state index contributed by atoms with van der Waals surface area (Å²) in [6.45, 7) is 4.81. The smallest absolute Gasteiger partial charge is 0.337 e. The molecule has 0 heterocycles. The maximum atomic E-state index is 12.8. The Hall–Kier alpha value is -2.71. The van der Waals surface area contributed by atoms with Gasteiger partial charge in [0.2, 0.25) is 10.0 Å². The number of esters is 1. The molecule has 0 atom stereocenters. The fraction of sp³-hybridized carbons (Fsp3) is 0.333. The van der Waals surface area contributed by atoms with Crippen LogP contribution in [-0.4, -0.2) is 44.8 Å². The Labute approximate surface area is 171 Å². The van der Waals surface area contributed by atoms with E-state index >= 15 is 0 Å². The first-order chi connectivity index (χ1) is 13.8. The van der Waals surface area contributed by atoms with Crippen LogP contribution < -0.4 is 5.32 Å². The second-order valence-electron chi connectivity index (χ2n) is 6.45. The number of nitrogens with one attached hydrogen (secondary N) is 1. The molecule has 0 spiro atoms. The van der Waals surface area contributed by atoms with E-state index in [1.54, 1.807) is 12.1 Å². The highest BCUT2D eigenvalue weighted by molar-refractivity contribution is 7.89. The minimum atomic E-state index is -3.56. The summed E-state index contributed by atoms with van der Waals surface area (Å²) in [6.07, 6.45) is 1.48. The van der Waals surface area contributed by atoms with Crippen LogP contribution in [0.1, 0.15) is 47.4 Å². The van der Waals surface area contributed by atoms with Gasteiger partial charge in [0, 0.05) is 24.3 Å². The van der Waals surface area contributed by atoms with E-state index in [0.717, 1.165) is 12.8 Å². The van der Waals surface area contributed by atoms with Gasteiger partial charge in [-0.2, -0.15) is 4.31 Å². The van der Waals surface area contributed by atoms with Crippen molar-refractivity contribution >= 4 is 27.6 Å². The van der Waals surface area contributed by atoms with E-state index in [1.807, 2.05) is 13.8 Å². The third-order valence-electron chi connectivity index (χ3n) is 4.26. The first-order valence-corrected chi connectivity index (χ1v) is 10.9. The number of sulfonamides is 1. The van der Waals surface area contributed by atoms with Crippen LogP contribution in [0.2, 0.25) is 0 Å². The van der Waals surface area contributed by atoms with Crippen LogP contribution >= 0.6 is 0 Å². The average Bonchev–Trinajstić information content (AvgIpc) is 2.73. The van der Waals surface area contributed by atoms with Gasteiger partial charge >= 0.3 is 5.97 Å². The van der Waals surface area contributed by atoms with Gasteiger partial charge in [0.15, 0.2) is 0 Å². The molecule has 1 N–H and O–H groups in total. The van der Waals surface area contributed by atoms with Crippen LogP contribution in [0.4, 0.5) is 5.69 Å². The molecule has 7 nitrogen and oxygen atoms in total. The number of rotatable bonds is 9. The van der Waals surface area contributed by atoms with Gasteiger partial charge in [-0.25, -0.2) is 13.2 Å². The summed E-state index contributed by atoms with van der Waals surface area (Å²) >= 11 is 0. The van der Waals surface area contributed by atoms with Gasteiger partial charge in [0.25, 0.3) is 5.91 Å². The maximum Gasteiger partial charge on any atom is 0.337 e. The van der Waals surface area contributed by atoms with Crippen LogP contribution in [0.5, 0.6) is 0 Å². The van der Waals surface area contributed by atoms with E-state index in [4.69, 9.17) is 0 Å². The molecule has 0 aromatic heterocycles. The SMILES string of the molecule is CCCN(CCC)S(=O)(=O)c1ccc(NC(=O)c2ccc(C(=O)OC)cc2)cc1. The van der Waals surface area contributed by atoms with Crippen molar-refractivity contribution in [3.63, 3.8) is 0 Å². The molecule has 0 aliphatic carbocycles. The fourth-order valence-corrected chi connectivity index (χ4v) is 4.41. The molecular weight excluding hydrogens is 392 g/mol. The maximum absolute atomic E-state index is 12.8. The van der Waals surface area contributed by atoms with Crippen LogP contribution in [0.3, 0.4) is 0 Å². The molecule has 2 aromatic carbocycles. The standard InChI is InChI=1S/C21H26N2O5S/c1-4-14-23(15-5-2)29(26,27)19-12-10-18(11-13-19)22-20(24)16-6-8-17(9-7-16)21(25)28-3/h6-13H,4-5,14-15H2,1-3H3,(H,22,24). The summed E-state index contributed by atoms with van der Waals surface area (Å²) in [6, 6.07) is 12.2. The number of benzene rings is 2. The quantitative estimate of drug-likeness (QED) is 0.629. The molecule has 2 aromatic rings. The van der Waals surface area contributed by atoms with Gasteiger partial charge in [-0.3, -0.25) is 4.79 Å². The summed E-state index contributed by atoms with van der Waals surface area (Å²) in [5, 5.41) is 2.72. The van der Waals surface area contributed by atoms with E-state index < -0.39 is 16.0 Å². The van der Waals surface area contributed by atoms with Crippen molar-refractivity contribution in [3.05, 3.63) is 59.7 Å². The molecule has 0 aliphatic rings. The molecule has 8 heteroatoms. The first-order valence-electron chi connectivity index (χ1n) is 9.43. The van der Waals surface area contributed by atoms with Crippen molar-refractivity contribution in [2.75, 3.05) is 25.5 Å². The van der Waals surface area contributed by atoms with Crippen LogP contribution in [0.25, 0.3) is 0 Å². The molecule has 0 aliphatic heterocycles. The monoisotopic (exact) mass is 418 g/mol. The van der Waals surface area contributed by atoms with Gasteiger partial charge in [-0.1, -0.05) is 13.8 Å². The number of hydrogen-bond donors (Lipinski definition) is 1. The second-order valence-corrected chi connectivity index (χ2v) is 8.39. The summed E-state index contributed by atoms with van der Waals surface area (Å²) in [7, 11) is -2.27. The molecule has 0 fully saturated rings. The van der Waals surface area contributed by atoms with Gasteiger partial charge in [0.05, 0.1) is 17.6 Å². The number of carbonyl (C=O) groups excluding carboxylic acids is 2. The van der Waals surface area contributed by atoms with Gasteiger partial charge in [-0.15, -0.1) is 0 Å². The topological polar surface area (TPSA) is 92.8 Å². The second kappa shape index (κ2) is 10.2. The lowest BCUT2D eigenvalue weighted by Gasteiger charge is -2.21. The Morgan fingerprint density at radius 1 is 0.897 bits per heavy atom. The van der Waals surface area contributed by atoms with Crippen molar-refractivity contribution in [1.29, 1.82) is 0 Å². The molecule has 0 bridgehead atoms. The highest BCUT2D eigenvalue weighted by Gasteiger charge is 2.22. The van der Waals surface area contributed by atoms with Gasteiger partial charge in [0.1, 0.15) is 0 Å². The van der Waals surface area contributed by atoms with Crippen LogP contribution in [0, 0.1) is 0 Å². The predicted molar refractivity (Wildman–Crippen MR) is 112 cm³/mol. The summed E-state index contributed by atoms with van der Waals surface area (Å²) in [5.74, 6) is -0.843. The van der Waals surface area contributed by atoms with Crippen LogP contribution in [0.15, 0.2) is 53.4 Å². The van der Waals surface area contributed by atoms with Crippen molar-refractivity contribution < 1.29 is 22.7 Å². The zero-order valence-electron chi connectivity index (χ0n) is 16.8. The summed E-state index contributed by atoms with van der Waals surface area (Å²) in [5.41, 5.74) is 1.19. The molecule has 29 heavy (non-hydrogen) atoms. The molecule has 1 amide bonds. The molecule has 0 radical (unpaired) electrons. The lowest BCUT2D eigenvalue weighted by Crippen LogP contribution is -2.32. The predicted octanol–water partition coefficient (Wildman–Crippen LogP) is 3.54. The number of methoxy groups -OCH3 is 1. The Morgan fingerprint density at radius 2 is 1.41 bits per heavy atom. The minimum absolute atomic E-state index is 0.194. The van der Waals surface area contributed by atoms with Crippen molar-refractivity contribution in [2.24, 2.45) is 0 Å². The van der Waals surface area contributed by atoms with Crippen LogP contribution in [-0.2, 0) is 14.8 Å². The molecule has 0 saturated carbocycles. The average molecular weight is 419 g/mol. The third kappa shape index (κ3) is 5.65. The highest BCUT2D eigenvalue weighted by atomic mass is 32.2. The number of hydrogen-bond acceptors (Lipinski definition) is 5.